The summed E-state index contributed by atoms with van der Waals surface area (Å²) in [4.78, 5) is 41.3. The highest BCUT2D eigenvalue weighted by Crippen LogP contribution is 1.84. The van der Waals surface area contributed by atoms with Gasteiger partial charge in [-0.2, -0.15) is 0 Å². The number of esters is 3. The Bertz CT molecular complexity index is 389. The molecule has 128 valence electrons. The van der Waals surface area contributed by atoms with Gasteiger partial charge in [0, 0.05) is 0 Å². The fourth-order valence-electron chi connectivity index (χ4n) is 0.617. The van der Waals surface area contributed by atoms with Gasteiger partial charge in [-0.05, 0) is 0 Å². The second kappa shape index (κ2) is 12.6. The molecule has 0 rings (SSSR count). The van der Waals surface area contributed by atoms with Crippen LogP contribution in [0.5, 0.6) is 0 Å². The molecule has 0 radical (unpaired) electrons. The van der Waals surface area contributed by atoms with Crippen LogP contribution in [0.1, 0.15) is 0 Å². The van der Waals surface area contributed by atoms with Crippen molar-refractivity contribution in [1.29, 1.82) is 0 Å². The minimum atomic E-state index is -1.21. The number of carbonyl (C=O) groups excluding carboxylic acids is 3. The van der Waals surface area contributed by atoms with Gasteiger partial charge in [0.2, 0.25) is 0 Å². The normalized spacial score (nSPS) is 12.2. The van der Waals surface area contributed by atoms with E-state index in [-0.39, 0.29) is 19.7 Å². The van der Waals surface area contributed by atoms with E-state index in [2.05, 4.69) is 9.47 Å². The minimum Gasteiger partial charge on any atom is -0.480 e. The van der Waals surface area contributed by atoms with Gasteiger partial charge in [-0.25, -0.2) is 4.79 Å². The van der Waals surface area contributed by atoms with Crippen molar-refractivity contribution in [3.63, 3.8) is 0 Å². The molecule has 0 aromatic carbocycles. The fraction of sp³-hybridized carbons (Fsp3) is 0.600. The molecule has 0 saturated heterocycles. The molecule has 10 N–H and O–H groups in total. The van der Waals surface area contributed by atoms with E-state index in [1.54, 1.807) is 0 Å². The fourth-order valence-corrected chi connectivity index (χ4v) is 0.617. The molecular formula is C10H20N4O8. The largest absolute Gasteiger partial charge is 0.480 e. The molecule has 0 amide bonds. The van der Waals surface area contributed by atoms with Crippen LogP contribution in [0.3, 0.4) is 0 Å². The van der Waals surface area contributed by atoms with Crippen LogP contribution in [0.2, 0.25) is 0 Å². The van der Waals surface area contributed by atoms with Gasteiger partial charge in [-0.3, -0.25) is 14.4 Å². The predicted molar refractivity (Wildman–Crippen MR) is 70.8 cm³/mol. The summed E-state index contributed by atoms with van der Waals surface area (Å²) in [6.45, 7) is -1.56. The number of aliphatic hydroxyl groups is 1. The van der Waals surface area contributed by atoms with Crippen molar-refractivity contribution in [2.75, 3.05) is 26.3 Å². The molecule has 2 atom stereocenters. The molecule has 0 unspecified atom stereocenters. The first-order valence-corrected chi connectivity index (χ1v) is 5.84. The summed E-state index contributed by atoms with van der Waals surface area (Å²) >= 11 is 0. The van der Waals surface area contributed by atoms with Crippen molar-refractivity contribution in [1.82, 2.24) is 0 Å². The van der Waals surface area contributed by atoms with Gasteiger partial charge in [-0.15, -0.1) is 0 Å². The smallest absolute Gasteiger partial charge is 0.332 e. The van der Waals surface area contributed by atoms with Gasteiger partial charge >= 0.3 is 23.9 Å². The average molecular weight is 324 g/mol. The molecular weight excluding hydrogens is 304 g/mol. The maximum absolute atomic E-state index is 10.6. The highest BCUT2D eigenvalue weighted by Gasteiger charge is 2.16. The summed E-state index contributed by atoms with van der Waals surface area (Å²) in [6.07, 6.45) is 0. The van der Waals surface area contributed by atoms with Crippen LogP contribution < -0.4 is 22.9 Å². The van der Waals surface area contributed by atoms with E-state index in [0.717, 1.165) is 0 Å². The molecule has 12 heteroatoms. The summed E-state index contributed by atoms with van der Waals surface area (Å²) in [6, 6.07) is -2.35. The molecule has 0 saturated carbocycles. The van der Waals surface area contributed by atoms with E-state index < -0.39 is 42.6 Å². The van der Waals surface area contributed by atoms with E-state index in [0.29, 0.717) is 0 Å². The summed E-state index contributed by atoms with van der Waals surface area (Å²) in [5.41, 5.74) is 19.7. The highest BCUT2D eigenvalue weighted by molar-refractivity contribution is 5.89. The number of carboxylic acids is 1. The summed E-state index contributed by atoms with van der Waals surface area (Å²) < 4.78 is 8.41. The Balaban J connectivity index is 0. The minimum absolute atomic E-state index is 0.271. The molecule has 12 nitrogen and oxygen atoms in total. The van der Waals surface area contributed by atoms with Gasteiger partial charge in [-0.1, -0.05) is 0 Å². The number of hydrogen-bond acceptors (Lipinski definition) is 11. The highest BCUT2D eigenvalue weighted by atomic mass is 16.6. The quantitative estimate of drug-likeness (QED) is 0.191. The van der Waals surface area contributed by atoms with E-state index in [4.69, 9.17) is 33.1 Å². The van der Waals surface area contributed by atoms with Crippen molar-refractivity contribution in [3.05, 3.63) is 0 Å². The zero-order valence-electron chi connectivity index (χ0n) is 11.6. The average Bonchev–Trinajstić information content (AvgIpc) is 2.51. The van der Waals surface area contributed by atoms with E-state index in [1.807, 2.05) is 0 Å². The lowest BCUT2D eigenvalue weighted by Gasteiger charge is -2.05. The SMILES string of the molecule is NCC(=O)OC(=O)[C@@H](N)CO.NCC(=O)OC[C@H](N)C(=O)O. The Morgan fingerprint density at radius 3 is 1.82 bits per heavy atom. The molecule has 0 spiro atoms. The molecule has 0 aliphatic rings. The first kappa shape index (κ1) is 22.2. The van der Waals surface area contributed by atoms with Crippen LogP contribution in [0.4, 0.5) is 0 Å². The van der Waals surface area contributed by atoms with Crippen LogP contribution in [0.15, 0.2) is 0 Å². The van der Waals surface area contributed by atoms with Gasteiger partial charge in [0.25, 0.3) is 0 Å². The third-order valence-corrected chi connectivity index (χ3v) is 1.79. The molecule has 22 heavy (non-hydrogen) atoms. The molecule has 0 fully saturated rings. The topological polar surface area (TPSA) is 231 Å². The van der Waals surface area contributed by atoms with Crippen molar-refractivity contribution in [3.8, 4) is 0 Å². The van der Waals surface area contributed by atoms with E-state index in [1.165, 1.54) is 0 Å². The summed E-state index contributed by atoms with van der Waals surface area (Å²) in [5, 5.41) is 16.5. The van der Waals surface area contributed by atoms with Crippen molar-refractivity contribution >= 4 is 23.9 Å². The van der Waals surface area contributed by atoms with E-state index >= 15 is 0 Å². The van der Waals surface area contributed by atoms with Crippen molar-refractivity contribution < 1.29 is 38.9 Å². The Hall–Kier alpha value is -2.12. The Kier molecular flexibility index (Phi) is 12.7. The lowest BCUT2D eigenvalue weighted by atomic mass is 10.3. The lowest BCUT2D eigenvalue weighted by Crippen LogP contribution is -2.37. The third kappa shape index (κ3) is 11.7. The van der Waals surface area contributed by atoms with Crippen molar-refractivity contribution in [2.45, 2.75) is 12.1 Å². The van der Waals surface area contributed by atoms with Gasteiger partial charge in [0.15, 0.2) is 0 Å². The lowest BCUT2D eigenvalue weighted by molar-refractivity contribution is -0.160. The second-order valence-corrected chi connectivity index (χ2v) is 3.62. The zero-order chi connectivity index (χ0) is 17.7. The summed E-state index contributed by atoms with van der Waals surface area (Å²) in [5.74, 6) is -3.71. The van der Waals surface area contributed by atoms with Crippen molar-refractivity contribution in [2.24, 2.45) is 22.9 Å². The van der Waals surface area contributed by atoms with Gasteiger partial charge in [0.05, 0.1) is 19.7 Å². The molecule has 0 bridgehead atoms. The monoisotopic (exact) mass is 324 g/mol. The molecule has 0 aromatic heterocycles. The molecule has 0 aliphatic heterocycles. The number of nitrogens with two attached hydrogens (primary N) is 4. The number of hydrogen-bond donors (Lipinski definition) is 6. The predicted octanol–water partition coefficient (Wildman–Crippen LogP) is -4.77. The molecule has 0 aliphatic carbocycles. The Morgan fingerprint density at radius 1 is 0.955 bits per heavy atom. The Morgan fingerprint density at radius 2 is 1.45 bits per heavy atom. The standard InChI is InChI=1S/2C5H10N2O4/c6-1-4(8)11-2-3(7)5(9)10;6-1-4(9)11-5(10)3(7)2-8/h3H,1-2,6-7H2,(H,9,10);3,8H,1-2,6-7H2/t2*3-/m00/s1. The van der Waals surface area contributed by atoms with Gasteiger partial charge < -0.3 is 42.6 Å². The first-order valence-electron chi connectivity index (χ1n) is 5.84. The number of carboxylic acid groups (broad SMARTS) is 1. The Labute approximate surface area is 125 Å². The molecule has 0 aromatic rings. The second-order valence-electron chi connectivity index (χ2n) is 3.62. The van der Waals surface area contributed by atoms with Crippen LogP contribution >= 0.6 is 0 Å². The molecule has 0 heterocycles. The number of carbonyl (C=O) groups is 4. The maximum Gasteiger partial charge on any atom is 0.332 e. The number of rotatable bonds is 7. The van der Waals surface area contributed by atoms with Crippen LogP contribution in [-0.4, -0.2) is 72.5 Å². The van der Waals surface area contributed by atoms with E-state index in [9.17, 15) is 19.2 Å². The third-order valence-electron chi connectivity index (χ3n) is 1.79. The summed E-state index contributed by atoms with van der Waals surface area (Å²) in [7, 11) is 0. The first-order chi connectivity index (χ1) is 10.2. The number of aliphatic hydroxyl groups excluding tert-OH is 1. The zero-order valence-corrected chi connectivity index (χ0v) is 11.6. The number of aliphatic carboxylic acids is 1. The van der Waals surface area contributed by atoms with Crippen LogP contribution in [0, 0.1) is 0 Å². The van der Waals surface area contributed by atoms with Gasteiger partial charge in [0.1, 0.15) is 18.7 Å². The van der Waals surface area contributed by atoms with Crippen LogP contribution in [-0.2, 0) is 28.7 Å². The number of ether oxygens (including phenoxy) is 2. The maximum atomic E-state index is 10.6. The van der Waals surface area contributed by atoms with Crippen LogP contribution in [0.25, 0.3) is 0 Å².